The predicted molar refractivity (Wildman–Crippen MR) is 77.3 cm³/mol. The zero-order valence-electron chi connectivity index (χ0n) is 12.2. The molecule has 4 heteroatoms. The van der Waals surface area contributed by atoms with Crippen LogP contribution in [0, 0.1) is 27.7 Å². The van der Waals surface area contributed by atoms with Crippen LogP contribution in [0.15, 0.2) is 6.07 Å². The third-order valence-electron chi connectivity index (χ3n) is 3.67. The summed E-state index contributed by atoms with van der Waals surface area (Å²) in [7, 11) is 0. The van der Waals surface area contributed by atoms with Crippen LogP contribution in [0.3, 0.4) is 0 Å². The molecule has 0 spiro atoms. The van der Waals surface area contributed by atoms with Crippen LogP contribution in [0.25, 0.3) is 0 Å². The van der Waals surface area contributed by atoms with Gasteiger partial charge in [0.1, 0.15) is 0 Å². The van der Waals surface area contributed by atoms with E-state index < -0.39 is 5.97 Å². The van der Waals surface area contributed by atoms with Crippen molar-refractivity contribution >= 4 is 5.97 Å². The first-order valence-electron chi connectivity index (χ1n) is 6.57. The molecule has 0 amide bonds. The molecule has 0 radical (unpaired) electrons. The number of hydrogen-bond donors (Lipinski definition) is 3. The molecule has 1 atom stereocenters. The second kappa shape index (κ2) is 6.68. The SMILES string of the molecule is Cc1cc(C)c(C)c(CNCC(N)CC(=O)O)c1C. The molecule has 0 aliphatic rings. The van der Waals surface area contributed by atoms with Crippen molar-refractivity contribution in [3.8, 4) is 0 Å². The van der Waals surface area contributed by atoms with E-state index >= 15 is 0 Å². The second-order valence-electron chi connectivity index (χ2n) is 5.23. The van der Waals surface area contributed by atoms with Crippen LogP contribution >= 0.6 is 0 Å². The minimum atomic E-state index is -0.854. The Balaban J connectivity index is 2.66. The minimum absolute atomic E-state index is 0.00217. The van der Waals surface area contributed by atoms with Crippen molar-refractivity contribution < 1.29 is 9.90 Å². The van der Waals surface area contributed by atoms with Crippen LogP contribution in [0.1, 0.15) is 34.2 Å². The Morgan fingerprint density at radius 1 is 1.26 bits per heavy atom. The summed E-state index contributed by atoms with van der Waals surface area (Å²) in [6.45, 7) is 9.71. The van der Waals surface area contributed by atoms with Gasteiger partial charge in [0.2, 0.25) is 0 Å². The quantitative estimate of drug-likeness (QED) is 0.732. The van der Waals surface area contributed by atoms with Gasteiger partial charge < -0.3 is 16.2 Å². The highest BCUT2D eigenvalue weighted by atomic mass is 16.4. The first kappa shape index (κ1) is 15.7. The lowest BCUT2D eigenvalue weighted by atomic mass is 9.94. The van der Waals surface area contributed by atoms with Gasteiger partial charge in [0, 0.05) is 19.1 Å². The first-order chi connectivity index (χ1) is 8.82. The molecule has 0 fully saturated rings. The molecular formula is C15H24N2O2. The lowest BCUT2D eigenvalue weighted by Gasteiger charge is -2.17. The van der Waals surface area contributed by atoms with Gasteiger partial charge in [-0.1, -0.05) is 6.07 Å². The fraction of sp³-hybridized carbons (Fsp3) is 0.533. The highest BCUT2D eigenvalue weighted by Crippen LogP contribution is 2.21. The van der Waals surface area contributed by atoms with Crippen LogP contribution in [0.4, 0.5) is 0 Å². The molecule has 4 nitrogen and oxygen atoms in total. The average molecular weight is 264 g/mol. The summed E-state index contributed by atoms with van der Waals surface area (Å²) in [5, 5.41) is 11.9. The summed E-state index contributed by atoms with van der Waals surface area (Å²) in [6.07, 6.45) is -0.00217. The number of carboxylic acids is 1. The summed E-state index contributed by atoms with van der Waals surface area (Å²) >= 11 is 0. The Morgan fingerprint density at radius 3 is 2.26 bits per heavy atom. The second-order valence-corrected chi connectivity index (χ2v) is 5.23. The number of aliphatic carboxylic acids is 1. The van der Waals surface area contributed by atoms with Gasteiger partial charge in [-0.15, -0.1) is 0 Å². The summed E-state index contributed by atoms with van der Waals surface area (Å²) in [5.74, 6) is -0.854. The van der Waals surface area contributed by atoms with Gasteiger partial charge in [0.05, 0.1) is 6.42 Å². The largest absolute Gasteiger partial charge is 0.481 e. The van der Waals surface area contributed by atoms with Gasteiger partial charge in [-0.3, -0.25) is 4.79 Å². The van der Waals surface area contributed by atoms with E-state index in [1.54, 1.807) is 0 Å². The highest BCUT2D eigenvalue weighted by Gasteiger charge is 2.10. The van der Waals surface area contributed by atoms with E-state index in [2.05, 4.69) is 39.1 Å². The van der Waals surface area contributed by atoms with E-state index in [-0.39, 0.29) is 12.5 Å². The molecule has 1 rings (SSSR count). The molecular weight excluding hydrogens is 240 g/mol. The summed E-state index contributed by atoms with van der Waals surface area (Å²) in [6, 6.07) is 1.86. The molecule has 0 saturated carbocycles. The van der Waals surface area contributed by atoms with Crippen molar-refractivity contribution in [1.29, 1.82) is 0 Å². The lowest BCUT2D eigenvalue weighted by molar-refractivity contribution is -0.137. The normalized spacial score (nSPS) is 12.5. The number of carboxylic acid groups (broad SMARTS) is 1. The molecule has 4 N–H and O–H groups in total. The van der Waals surface area contributed by atoms with Gasteiger partial charge in [-0.2, -0.15) is 0 Å². The molecule has 1 aromatic carbocycles. The van der Waals surface area contributed by atoms with E-state index in [0.717, 1.165) is 6.54 Å². The molecule has 1 aromatic rings. The van der Waals surface area contributed by atoms with E-state index in [4.69, 9.17) is 10.8 Å². The van der Waals surface area contributed by atoms with E-state index in [0.29, 0.717) is 6.54 Å². The molecule has 0 aliphatic heterocycles. The Bertz CT molecular complexity index is 443. The van der Waals surface area contributed by atoms with E-state index in [9.17, 15) is 4.79 Å². The fourth-order valence-corrected chi connectivity index (χ4v) is 2.24. The molecule has 0 saturated heterocycles. The summed E-state index contributed by atoms with van der Waals surface area (Å²) in [4.78, 5) is 10.5. The van der Waals surface area contributed by atoms with Gasteiger partial charge in [0.15, 0.2) is 0 Å². The zero-order chi connectivity index (χ0) is 14.6. The monoisotopic (exact) mass is 264 g/mol. The van der Waals surface area contributed by atoms with Crippen LogP contribution < -0.4 is 11.1 Å². The summed E-state index contributed by atoms with van der Waals surface area (Å²) < 4.78 is 0. The molecule has 0 aliphatic carbocycles. The van der Waals surface area contributed by atoms with Crippen LogP contribution in [0.5, 0.6) is 0 Å². The number of nitrogens with two attached hydrogens (primary N) is 1. The van der Waals surface area contributed by atoms with Crippen LogP contribution in [-0.2, 0) is 11.3 Å². The van der Waals surface area contributed by atoms with Gasteiger partial charge in [-0.25, -0.2) is 0 Å². The standard InChI is InChI=1S/C15H24N2O2/c1-9-5-10(2)12(4)14(11(9)3)8-17-7-13(16)6-15(18)19/h5,13,17H,6-8,16H2,1-4H3,(H,18,19). The van der Waals surface area contributed by atoms with Gasteiger partial charge >= 0.3 is 5.97 Å². The van der Waals surface area contributed by atoms with Crippen molar-refractivity contribution in [1.82, 2.24) is 5.32 Å². The number of benzene rings is 1. The highest BCUT2D eigenvalue weighted by molar-refractivity contribution is 5.67. The molecule has 0 bridgehead atoms. The maximum Gasteiger partial charge on any atom is 0.304 e. The van der Waals surface area contributed by atoms with Crippen molar-refractivity contribution in [2.75, 3.05) is 6.54 Å². The van der Waals surface area contributed by atoms with Gasteiger partial charge in [-0.05, 0) is 55.5 Å². The topological polar surface area (TPSA) is 75.3 Å². The smallest absolute Gasteiger partial charge is 0.304 e. The Kier molecular flexibility index (Phi) is 5.51. The number of aryl methyl sites for hydroxylation is 2. The zero-order valence-corrected chi connectivity index (χ0v) is 12.2. The number of carbonyl (C=O) groups is 1. The van der Waals surface area contributed by atoms with Crippen molar-refractivity contribution in [3.05, 3.63) is 33.9 Å². The first-order valence-corrected chi connectivity index (χ1v) is 6.57. The molecule has 0 aromatic heterocycles. The number of rotatable bonds is 6. The van der Waals surface area contributed by atoms with Gasteiger partial charge in [0.25, 0.3) is 0 Å². The predicted octanol–water partition coefficient (Wildman–Crippen LogP) is 1.81. The molecule has 19 heavy (non-hydrogen) atoms. The van der Waals surface area contributed by atoms with E-state index in [1.165, 1.54) is 27.8 Å². The van der Waals surface area contributed by atoms with Crippen molar-refractivity contribution in [3.63, 3.8) is 0 Å². The van der Waals surface area contributed by atoms with E-state index in [1.807, 2.05) is 0 Å². The fourth-order valence-electron chi connectivity index (χ4n) is 2.24. The maximum atomic E-state index is 10.5. The Labute approximate surface area is 115 Å². The summed E-state index contributed by atoms with van der Waals surface area (Å²) in [5.41, 5.74) is 12.2. The third-order valence-corrected chi connectivity index (χ3v) is 3.67. The Morgan fingerprint density at radius 2 is 1.79 bits per heavy atom. The number of nitrogens with one attached hydrogen (secondary N) is 1. The number of hydrogen-bond acceptors (Lipinski definition) is 3. The van der Waals surface area contributed by atoms with Crippen molar-refractivity contribution in [2.24, 2.45) is 5.73 Å². The van der Waals surface area contributed by atoms with Crippen molar-refractivity contribution in [2.45, 2.75) is 46.7 Å². The Hall–Kier alpha value is -1.39. The van der Waals surface area contributed by atoms with Crippen LogP contribution in [-0.4, -0.2) is 23.7 Å². The minimum Gasteiger partial charge on any atom is -0.481 e. The average Bonchev–Trinajstić information content (AvgIpc) is 2.30. The lowest BCUT2D eigenvalue weighted by Crippen LogP contribution is -2.35. The molecule has 1 unspecified atom stereocenters. The maximum absolute atomic E-state index is 10.5. The molecule has 106 valence electrons. The van der Waals surface area contributed by atoms with Crippen LogP contribution in [0.2, 0.25) is 0 Å². The third kappa shape index (κ3) is 4.33. The molecule has 0 heterocycles.